The van der Waals surface area contributed by atoms with Crippen LogP contribution >= 0.6 is 0 Å². The quantitative estimate of drug-likeness (QED) is 0.611. The fraction of sp³-hybridized carbons (Fsp3) is 0.889. The summed E-state index contributed by atoms with van der Waals surface area (Å²) in [6.07, 6.45) is 4.69. The molecule has 0 aliphatic heterocycles. The zero-order valence-electron chi connectivity index (χ0n) is 7.39. The van der Waals surface area contributed by atoms with E-state index in [2.05, 4.69) is 12.2 Å². The van der Waals surface area contributed by atoms with Gasteiger partial charge < -0.3 is 5.32 Å². The van der Waals surface area contributed by atoms with Gasteiger partial charge in [-0.05, 0) is 18.8 Å². The van der Waals surface area contributed by atoms with Crippen LogP contribution in [0.1, 0.15) is 32.6 Å². The first-order valence-electron chi connectivity index (χ1n) is 4.45. The Morgan fingerprint density at radius 3 is 2.73 bits per heavy atom. The summed E-state index contributed by atoms with van der Waals surface area (Å²) in [5.74, 6) is 1.27. The average Bonchev–Trinajstić information content (AvgIpc) is 2.03. The lowest BCUT2D eigenvalue weighted by Gasteiger charge is -2.24. The smallest absolute Gasteiger partial charge is 0.222 e. The second kappa shape index (κ2) is 3.74. The lowest BCUT2D eigenvalue weighted by molar-refractivity contribution is -0.125. The maximum atomic E-state index is 11.2. The van der Waals surface area contributed by atoms with E-state index in [1.165, 1.54) is 12.8 Å². The molecule has 0 aromatic carbocycles. The number of rotatable bonds is 1. The maximum absolute atomic E-state index is 11.2. The third kappa shape index (κ3) is 2.21. The largest absolute Gasteiger partial charge is 0.359 e. The summed E-state index contributed by atoms with van der Waals surface area (Å²) in [4.78, 5) is 11.2. The van der Waals surface area contributed by atoms with Crippen LogP contribution in [0.2, 0.25) is 0 Å². The van der Waals surface area contributed by atoms with Crippen LogP contribution in [0.25, 0.3) is 0 Å². The third-order valence-corrected chi connectivity index (χ3v) is 2.55. The number of amides is 1. The summed E-state index contributed by atoms with van der Waals surface area (Å²) in [5, 5.41) is 2.72. The molecule has 1 rings (SSSR count). The molecule has 0 unspecified atom stereocenters. The van der Waals surface area contributed by atoms with E-state index in [0.29, 0.717) is 5.92 Å². The van der Waals surface area contributed by atoms with E-state index in [1.54, 1.807) is 7.05 Å². The number of carbonyl (C=O) groups is 1. The molecule has 2 heteroatoms. The molecule has 0 saturated heterocycles. The van der Waals surface area contributed by atoms with Gasteiger partial charge in [0.05, 0.1) is 0 Å². The molecule has 1 fully saturated rings. The average molecular weight is 155 g/mol. The van der Waals surface area contributed by atoms with E-state index in [1.807, 2.05) is 0 Å². The molecule has 0 heterocycles. The van der Waals surface area contributed by atoms with Gasteiger partial charge in [-0.15, -0.1) is 0 Å². The molecule has 0 aromatic heterocycles. The molecule has 0 bridgehead atoms. The van der Waals surface area contributed by atoms with Crippen LogP contribution in [-0.4, -0.2) is 13.0 Å². The Kier molecular flexibility index (Phi) is 2.92. The highest BCUT2D eigenvalue weighted by Gasteiger charge is 2.23. The highest BCUT2D eigenvalue weighted by atomic mass is 16.1. The summed E-state index contributed by atoms with van der Waals surface area (Å²) in [7, 11) is 1.72. The van der Waals surface area contributed by atoms with Crippen molar-refractivity contribution in [1.82, 2.24) is 5.32 Å². The van der Waals surface area contributed by atoms with Crippen LogP contribution in [0.15, 0.2) is 0 Å². The van der Waals surface area contributed by atoms with E-state index in [-0.39, 0.29) is 5.91 Å². The van der Waals surface area contributed by atoms with Crippen molar-refractivity contribution in [1.29, 1.82) is 0 Å². The van der Waals surface area contributed by atoms with Gasteiger partial charge in [-0.2, -0.15) is 0 Å². The number of nitrogens with one attached hydrogen (secondary N) is 1. The highest BCUT2D eigenvalue weighted by Crippen LogP contribution is 2.28. The first-order valence-corrected chi connectivity index (χ1v) is 4.45. The van der Waals surface area contributed by atoms with Gasteiger partial charge in [0.1, 0.15) is 0 Å². The molecule has 0 radical (unpaired) electrons. The maximum Gasteiger partial charge on any atom is 0.222 e. The van der Waals surface area contributed by atoms with E-state index in [4.69, 9.17) is 0 Å². The minimum Gasteiger partial charge on any atom is -0.359 e. The van der Waals surface area contributed by atoms with Crippen LogP contribution < -0.4 is 5.32 Å². The van der Waals surface area contributed by atoms with Crippen molar-refractivity contribution in [3.05, 3.63) is 0 Å². The Morgan fingerprint density at radius 2 is 2.18 bits per heavy atom. The molecule has 11 heavy (non-hydrogen) atoms. The zero-order chi connectivity index (χ0) is 8.27. The van der Waals surface area contributed by atoms with Gasteiger partial charge in [0.25, 0.3) is 0 Å². The van der Waals surface area contributed by atoms with Crippen molar-refractivity contribution in [3.63, 3.8) is 0 Å². The molecule has 2 nitrogen and oxygen atoms in total. The van der Waals surface area contributed by atoms with Crippen LogP contribution in [0.4, 0.5) is 0 Å². The zero-order valence-corrected chi connectivity index (χ0v) is 7.39. The first-order chi connectivity index (χ1) is 5.24. The Hall–Kier alpha value is -0.530. The standard InChI is InChI=1S/C9H17NO/c1-7-4-3-5-8(6-7)9(11)10-2/h7-8H,3-6H2,1-2H3,(H,10,11)/t7-,8-/m1/s1. The van der Waals surface area contributed by atoms with Gasteiger partial charge in [0.2, 0.25) is 5.91 Å². The molecule has 1 amide bonds. The molecule has 1 aliphatic carbocycles. The fourth-order valence-electron chi connectivity index (χ4n) is 1.88. The van der Waals surface area contributed by atoms with Crippen molar-refractivity contribution >= 4 is 5.91 Å². The summed E-state index contributed by atoms with van der Waals surface area (Å²) >= 11 is 0. The SMILES string of the molecule is CNC(=O)[C@@H]1CCC[C@@H](C)C1. The topological polar surface area (TPSA) is 29.1 Å². The second-order valence-corrected chi connectivity index (χ2v) is 3.58. The Labute approximate surface area is 68.4 Å². The highest BCUT2D eigenvalue weighted by molar-refractivity contribution is 5.78. The second-order valence-electron chi connectivity index (χ2n) is 3.58. The normalized spacial score (nSPS) is 31.5. The van der Waals surface area contributed by atoms with E-state index in [9.17, 15) is 4.79 Å². The number of hydrogen-bond acceptors (Lipinski definition) is 1. The van der Waals surface area contributed by atoms with Gasteiger partial charge in [-0.25, -0.2) is 0 Å². The molecule has 1 aliphatic rings. The lowest BCUT2D eigenvalue weighted by atomic mass is 9.82. The molecular formula is C9H17NO. The van der Waals surface area contributed by atoms with Gasteiger partial charge in [0.15, 0.2) is 0 Å². The van der Waals surface area contributed by atoms with Gasteiger partial charge >= 0.3 is 0 Å². The molecule has 1 N–H and O–H groups in total. The molecule has 1 saturated carbocycles. The van der Waals surface area contributed by atoms with E-state index in [0.717, 1.165) is 18.8 Å². The van der Waals surface area contributed by atoms with Crippen molar-refractivity contribution < 1.29 is 4.79 Å². The summed E-state index contributed by atoms with van der Waals surface area (Å²) in [6, 6.07) is 0. The van der Waals surface area contributed by atoms with Crippen molar-refractivity contribution in [2.45, 2.75) is 32.6 Å². The minimum atomic E-state index is 0.233. The van der Waals surface area contributed by atoms with Crippen LogP contribution in [0.3, 0.4) is 0 Å². The minimum absolute atomic E-state index is 0.233. The van der Waals surface area contributed by atoms with Crippen LogP contribution in [0, 0.1) is 11.8 Å². The Balaban J connectivity index is 2.39. The van der Waals surface area contributed by atoms with E-state index >= 15 is 0 Å². The first kappa shape index (κ1) is 8.57. The predicted octanol–water partition coefficient (Wildman–Crippen LogP) is 1.56. The summed E-state index contributed by atoms with van der Waals surface area (Å²) < 4.78 is 0. The molecule has 0 aromatic rings. The van der Waals surface area contributed by atoms with Crippen LogP contribution in [-0.2, 0) is 4.79 Å². The monoisotopic (exact) mass is 155 g/mol. The molecule has 0 spiro atoms. The Morgan fingerprint density at radius 1 is 1.45 bits per heavy atom. The number of hydrogen-bond donors (Lipinski definition) is 1. The van der Waals surface area contributed by atoms with Crippen molar-refractivity contribution in [2.75, 3.05) is 7.05 Å². The van der Waals surface area contributed by atoms with E-state index < -0.39 is 0 Å². The number of carbonyl (C=O) groups excluding carboxylic acids is 1. The van der Waals surface area contributed by atoms with Crippen LogP contribution in [0.5, 0.6) is 0 Å². The summed E-state index contributed by atoms with van der Waals surface area (Å²) in [6.45, 7) is 2.23. The van der Waals surface area contributed by atoms with Gasteiger partial charge in [0, 0.05) is 13.0 Å². The lowest BCUT2D eigenvalue weighted by Crippen LogP contribution is -2.30. The summed E-state index contributed by atoms with van der Waals surface area (Å²) in [5.41, 5.74) is 0. The van der Waals surface area contributed by atoms with Gasteiger partial charge in [-0.3, -0.25) is 4.79 Å². The fourth-order valence-corrected chi connectivity index (χ4v) is 1.88. The predicted molar refractivity (Wildman–Crippen MR) is 45.2 cm³/mol. The molecular weight excluding hydrogens is 138 g/mol. The van der Waals surface area contributed by atoms with Crippen molar-refractivity contribution in [2.24, 2.45) is 11.8 Å². The third-order valence-electron chi connectivity index (χ3n) is 2.55. The molecule has 2 atom stereocenters. The Bertz CT molecular complexity index is 144. The molecule has 64 valence electrons. The van der Waals surface area contributed by atoms with Gasteiger partial charge in [-0.1, -0.05) is 19.8 Å². The van der Waals surface area contributed by atoms with Crippen molar-refractivity contribution in [3.8, 4) is 0 Å².